The van der Waals surface area contributed by atoms with Crippen LogP contribution in [0.4, 0.5) is 36.3 Å². The first kappa shape index (κ1) is 22.2. The van der Waals surface area contributed by atoms with Gasteiger partial charge in [0.1, 0.15) is 22.9 Å². The maximum absolute atomic E-state index is 13.5. The molecule has 0 aliphatic rings. The predicted octanol–water partition coefficient (Wildman–Crippen LogP) is 6.03. The standard InChI is InChI=1S/C22H23F3N4O2/c1-14(2)13-31-16-10-8-15(9-11-16)27-21-26-12-17(22(23,24)25)20(29-21)28-18-6-4-5-7-19(18)30-3/h4-12,14H,13H2,1-3H3,(H2,26,27,28,29). The summed E-state index contributed by atoms with van der Waals surface area (Å²) in [7, 11) is 1.44. The highest BCUT2D eigenvalue weighted by molar-refractivity contribution is 5.67. The lowest BCUT2D eigenvalue weighted by Crippen LogP contribution is -2.13. The third-order valence-corrected chi connectivity index (χ3v) is 4.15. The van der Waals surface area contributed by atoms with Gasteiger partial charge in [0.2, 0.25) is 5.95 Å². The van der Waals surface area contributed by atoms with Gasteiger partial charge >= 0.3 is 6.18 Å². The first-order valence-electron chi connectivity index (χ1n) is 9.60. The number of hydrogen-bond acceptors (Lipinski definition) is 6. The van der Waals surface area contributed by atoms with Gasteiger partial charge in [0.05, 0.1) is 19.4 Å². The van der Waals surface area contributed by atoms with Crippen LogP contribution < -0.4 is 20.1 Å². The third-order valence-electron chi connectivity index (χ3n) is 4.15. The molecule has 0 bridgehead atoms. The Morgan fingerprint density at radius 2 is 1.71 bits per heavy atom. The fourth-order valence-electron chi connectivity index (χ4n) is 2.65. The highest BCUT2D eigenvalue weighted by atomic mass is 19.4. The molecule has 3 rings (SSSR count). The average molecular weight is 432 g/mol. The summed E-state index contributed by atoms with van der Waals surface area (Å²) in [6.07, 6.45) is -3.88. The molecular formula is C22H23F3N4O2. The lowest BCUT2D eigenvalue weighted by Gasteiger charge is -2.16. The zero-order chi connectivity index (χ0) is 22.4. The van der Waals surface area contributed by atoms with E-state index in [0.717, 1.165) is 6.20 Å². The maximum atomic E-state index is 13.5. The minimum atomic E-state index is -4.63. The molecule has 0 saturated carbocycles. The molecule has 0 unspecified atom stereocenters. The van der Waals surface area contributed by atoms with Crippen molar-refractivity contribution >= 4 is 23.1 Å². The van der Waals surface area contributed by atoms with Gasteiger partial charge in [-0.05, 0) is 42.3 Å². The lowest BCUT2D eigenvalue weighted by atomic mass is 10.2. The predicted molar refractivity (Wildman–Crippen MR) is 113 cm³/mol. The molecule has 0 fully saturated rings. The molecule has 9 heteroatoms. The van der Waals surface area contributed by atoms with Crippen LogP contribution in [0.15, 0.2) is 54.7 Å². The molecule has 3 aromatic rings. The second-order valence-corrected chi connectivity index (χ2v) is 7.13. The third kappa shape index (κ3) is 6.00. The second kappa shape index (κ2) is 9.55. The van der Waals surface area contributed by atoms with Crippen molar-refractivity contribution in [3.05, 3.63) is 60.3 Å². The number of rotatable bonds is 8. The SMILES string of the molecule is COc1ccccc1Nc1nc(Nc2ccc(OCC(C)C)cc2)ncc1C(F)(F)F. The fourth-order valence-corrected chi connectivity index (χ4v) is 2.65. The van der Waals surface area contributed by atoms with E-state index in [1.807, 2.05) is 0 Å². The van der Waals surface area contributed by atoms with Crippen molar-refractivity contribution in [1.82, 2.24) is 9.97 Å². The van der Waals surface area contributed by atoms with E-state index in [0.29, 0.717) is 35.4 Å². The Labute approximate surface area is 178 Å². The number of nitrogens with zero attached hydrogens (tertiary/aromatic N) is 2. The molecule has 2 aromatic carbocycles. The maximum Gasteiger partial charge on any atom is 0.421 e. The van der Waals surface area contributed by atoms with Crippen LogP contribution in [-0.2, 0) is 6.18 Å². The van der Waals surface area contributed by atoms with Crippen LogP contribution in [0.2, 0.25) is 0 Å². The largest absolute Gasteiger partial charge is 0.495 e. The molecular weight excluding hydrogens is 409 g/mol. The number of nitrogens with one attached hydrogen (secondary N) is 2. The van der Waals surface area contributed by atoms with E-state index >= 15 is 0 Å². The van der Waals surface area contributed by atoms with Gasteiger partial charge in [-0.3, -0.25) is 0 Å². The zero-order valence-corrected chi connectivity index (χ0v) is 17.3. The Hall–Kier alpha value is -3.49. The van der Waals surface area contributed by atoms with Gasteiger partial charge in [-0.15, -0.1) is 0 Å². The summed E-state index contributed by atoms with van der Waals surface area (Å²) in [6, 6.07) is 13.7. The highest BCUT2D eigenvalue weighted by Crippen LogP contribution is 2.37. The number of alkyl halides is 3. The molecule has 164 valence electrons. The van der Waals surface area contributed by atoms with Crippen molar-refractivity contribution in [2.45, 2.75) is 20.0 Å². The molecule has 0 radical (unpaired) electrons. The molecule has 31 heavy (non-hydrogen) atoms. The van der Waals surface area contributed by atoms with Crippen LogP contribution in [0.3, 0.4) is 0 Å². The van der Waals surface area contributed by atoms with E-state index in [2.05, 4.69) is 34.4 Å². The Kier molecular flexibility index (Phi) is 6.84. The molecule has 0 spiro atoms. The van der Waals surface area contributed by atoms with Crippen molar-refractivity contribution in [1.29, 1.82) is 0 Å². The number of para-hydroxylation sites is 2. The normalized spacial score (nSPS) is 11.3. The fraction of sp³-hybridized carbons (Fsp3) is 0.273. The van der Waals surface area contributed by atoms with Crippen LogP contribution in [-0.4, -0.2) is 23.7 Å². The van der Waals surface area contributed by atoms with Crippen molar-refractivity contribution in [2.75, 3.05) is 24.4 Å². The summed E-state index contributed by atoms with van der Waals surface area (Å²) < 4.78 is 51.3. The molecule has 1 heterocycles. The summed E-state index contributed by atoms with van der Waals surface area (Å²) >= 11 is 0. The van der Waals surface area contributed by atoms with Crippen LogP contribution in [0, 0.1) is 5.92 Å². The average Bonchev–Trinajstić information content (AvgIpc) is 2.73. The molecule has 0 saturated heterocycles. The number of methoxy groups -OCH3 is 1. The van der Waals surface area contributed by atoms with Gasteiger partial charge in [-0.25, -0.2) is 4.98 Å². The summed E-state index contributed by atoms with van der Waals surface area (Å²) in [4.78, 5) is 7.87. The number of halogens is 3. The van der Waals surface area contributed by atoms with Gasteiger partial charge in [-0.1, -0.05) is 26.0 Å². The summed E-state index contributed by atoms with van der Waals surface area (Å²) in [5.74, 6) is 1.12. The lowest BCUT2D eigenvalue weighted by molar-refractivity contribution is -0.137. The van der Waals surface area contributed by atoms with E-state index in [-0.39, 0.29) is 11.8 Å². The van der Waals surface area contributed by atoms with E-state index < -0.39 is 11.7 Å². The quantitative estimate of drug-likeness (QED) is 0.453. The van der Waals surface area contributed by atoms with Gasteiger partial charge in [0.15, 0.2) is 0 Å². The molecule has 0 atom stereocenters. The topological polar surface area (TPSA) is 68.3 Å². The highest BCUT2D eigenvalue weighted by Gasteiger charge is 2.35. The van der Waals surface area contributed by atoms with Crippen molar-refractivity contribution in [3.8, 4) is 11.5 Å². The van der Waals surface area contributed by atoms with Gasteiger partial charge < -0.3 is 20.1 Å². The summed E-state index contributed by atoms with van der Waals surface area (Å²) in [5.41, 5.74) is -0.0203. The molecule has 0 aliphatic carbocycles. The molecule has 0 aliphatic heterocycles. The van der Waals surface area contributed by atoms with E-state index in [1.165, 1.54) is 7.11 Å². The molecule has 1 aromatic heterocycles. The van der Waals surface area contributed by atoms with Crippen molar-refractivity contribution < 1.29 is 22.6 Å². The Bertz CT molecular complexity index is 1010. The van der Waals surface area contributed by atoms with E-state index in [9.17, 15) is 13.2 Å². The smallest absolute Gasteiger partial charge is 0.421 e. The van der Waals surface area contributed by atoms with Crippen LogP contribution in [0.5, 0.6) is 11.5 Å². The number of anilines is 4. The van der Waals surface area contributed by atoms with E-state index in [1.54, 1.807) is 48.5 Å². The van der Waals surface area contributed by atoms with Gasteiger partial charge in [0, 0.05) is 11.9 Å². The zero-order valence-electron chi connectivity index (χ0n) is 17.3. The second-order valence-electron chi connectivity index (χ2n) is 7.13. The van der Waals surface area contributed by atoms with Crippen LogP contribution in [0.25, 0.3) is 0 Å². The van der Waals surface area contributed by atoms with Crippen molar-refractivity contribution in [2.24, 2.45) is 5.92 Å². The summed E-state index contributed by atoms with van der Waals surface area (Å²) in [5, 5.41) is 5.62. The molecule has 0 amide bonds. The van der Waals surface area contributed by atoms with Gasteiger partial charge in [-0.2, -0.15) is 18.2 Å². The Morgan fingerprint density at radius 3 is 2.35 bits per heavy atom. The van der Waals surface area contributed by atoms with Crippen LogP contribution in [0.1, 0.15) is 19.4 Å². The monoisotopic (exact) mass is 432 g/mol. The van der Waals surface area contributed by atoms with Gasteiger partial charge in [0.25, 0.3) is 0 Å². The minimum Gasteiger partial charge on any atom is -0.495 e. The first-order chi connectivity index (χ1) is 14.8. The van der Waals surface area contributed by atoms with E-state index in [4.69, 9.17) is 9.47 Å². The first-order valence-corrected chi connectivity index (χ1v) is 9.60. The van der Waals surface area contributed by atoms with Crippen LogP contribution >= 0.6 is 0 Å². The number of ether oxygens (including phenoxy) is 2. The molecule has 6 nitrogen and oxygen atoms in total. The number of benzene rings is 2. The van der Waals surface area contributed by atoms with Crippen molar-refractivity contribution in [3.63, 3.8) is 0 Å². The Morgan fingerprint density at radius 1 is 1.00 bits per heavy atom. The Balaban J connectivity index is 1.84. The molecule has 2 N–H and O–H groups in total. The number of hydrogen-bond donors (Lipinski definition) is 2. The minimum absolute atomic E-state index is 0.0150. The summed E-state index contributed by atoms with van der Waals surface area (Å²) in [6.45, 7) is 4.69. The number of aromatic nitrogens is 2.